The van der Waals surface area contributed by atoms with Crippen LogP contribution in [0.4, 0.5) is 5.69 Å². The highest BCUT2D eigenvalue weighted by atomic mass is 16.5. The molecule has 1 aromatic carbocycles. The van der Waals surface area contributed by atoms with Crippen molar-refractivity contribution < 1.29 is 4.74 Å². The molecular formula is C13H20N2O. The van der Waals surface area contributed by atoms with E-state index in [0.29, 0.717) is 6.04 Å². The Labute approximate surface area is 97.4 Å². The highest BCUT2D eigenvalue weighted by molar-refractivity contribution is 5.54. The molecule has 1 aromatic rings. The van der Waals surface area contributed by atoms with E-state index in [1.54, 1.807) is 7.11 Å². The van der Waals surface area contributed by atoms with Crippen molar-refractivity contribution in [1.29, 1.82) is 0 Å². The van der Waals surface area contributed by atoms with Crippen molar-refractivity contribution in [3.63, 3.8) is 0 Å². The van der Waals surface area contributed by atoms with Gasteiger partial charge in [0.1, 0.15) is 5.75 Å². The SMILES string of the molecule is COc1cc(N2CCN[C@H](C)C2)ccc1C. The Morgan fingerprint density at radius 1 is 1.44 bits per heavy atom. The van der Waals surface area contributed by atoms with E-state index in [1.807, 2.05) is 0 Å². The van der Waals surface area contributed by atoms with Crippen LogP contribution >= 0.6 is 0 Å². The summed E-state index contributed by atoms with van der Waals surface area (Å²) in [7, 11) is 1.73. The molecular weight excluding hydrogens is 200 g/mol. The maximum absolute atomic E-state index is 5.36. The number of aryl methyl sites for hydroxylation is 1. The first-order valence-electron chi connectivity index (χ1n) is 5.83. The quantitative estimate of drug-likeness (QED) is 0.822. The van der Waals surface area contributed by atoms with Gasteiger partial charge < -0.3 is 15.0 Å². The summed E-state index contributed by atoms with van der Waals surface area (Å²) in [5.74, 6) is 0.976. The normalized spacial score (nSPS) is 20.9. The van der Waals surface area contributed by atoms with E-state index in [1.165, 1.54) is 11.3 Å². The first-order chi connectivity index (χ1) is 7.70. The summed E-state index contributed by atoms with van der Waals surface area (Å²) in [6.45, 7) is 7.47. The van der Waals surface area contributed by atoms with Gasteiger partial charge in [-0.2, -0.15) is 0 Å². The molecule has 3 heteroatoms. The molecule has 0 aliphatic carbocycles. The number of piperazine rings is 1. The van der Waals surface area contributed by atoms with Crippen LogP contribution in [0.25, 0.3) is 0 Å². The molecule has 1 fully saturated rings. The molecule has 88 valence electrons. The van der Waals surface area contributed by atoms with Gasteiger partial charge in [-0.15, -0.1) is 0 Å². The van der Waals surface area contributed by atoms with Crippen LogP contribution < -0.4 is 15.0 Å². The summed E-state index contributed by atoms with van der Waals surface area (Å²) in [6, 6.07) is 6.99. The van der Waals surface area contributed by atoms with Crippen LogP contribution in [0.15, 0.2) is 18.2 Å². The van der Waals surface area contributed by atoms with Crippen LogP contribution in [0, 0.1) is 6.92 Å². The molecule has 0 radical (unpaired) electrons. The van der Waals surface area contributed by atoms with Crippen molar-refractivity contribution in [1.82, 2.24) is 5.32 Å². The van der Waals surface area contributed by atoms with Gasteiger partial charge in [0.15, 0.2) is 0 Å². The summed E-state index contributed by atoms with van der Waals surface area (Å²) in [4.78, 5) is 2.41. The minimum atomic E-state index is 0.557. The zero-order valence-corrected chi connectivity index (χ0v) is 10.3. The molecule has 0 amide bonds. The standard InChI is InChI=1S/C13H20N2O/c1-10-4-5-12(8-13(10)16-3)15-7-6-14-11(2)9-15/h4-5,8,11,14H,6-7,9H2,1-3H3/t11-/m1/s1. The average Bonchev–Trinajstić information content (AvgIpc) is 2.29. The lowest BCUT2D eigenvalue weighted by Crippen LogP contribution is -2.49. The van der Waals surface area contributed by atoms with Crippen molar-refractivity contribution in [2.75, 3.05) is 31.6 Å². The van der Waals surface area contributed by atoms with E-state index in [2.05, 4.69) is 42.3 Å². The molecule has 1 aliphatic rings. The van der Waals surface area contributed by atoms with Gasteiger partial charge in [0, 0.05) is 37.4 Å². The Hall–Kier alpha value is -1.22. The number of methoxy groups -OCH3 is 1. The monoisotopic (exact) mass is 220 g/mol. The highest BCUT2D eigenvalue weighted by Crippen LogP contribution is 2.25. The number of ether oxygens (including phenoxy) is 1. The average molecular weight is 220 g/mol. The molecule has 0 bridgehead atoms. The first kappa shape index (κ1) is 11.3. The summed E-state index contributed by atoms with van der Waals surface area (Å²) in [5, 5.41) is 3.45. The zero-order valence-electron chi connectivity index (χ0n) is 10.3. The fourth-order valence-corrected chi connectivity index (χ4v) is 2.17. The van der Waals surface area contributed by atoms with Crippen molar-refractivity contribution in [3.05, 3.63) is 23.8 Å². The van der Waals surface area contributed by atoms with Crippen LogP contribution in [-0.4, -0.2) is 32.8 Å². The second kappa shape index (κ2) is 4.74. The molecule has 0 unspecified atom stereocenters. The number of rotatable bonds is 2. The number of benzene rings is 1. The number of anilines is 1. The molecule has 16 heavy (non-hydrogen) atoms. The van der Waals surface area contributed by atoms with Gasteiger partial charge >= 0.3 is 0 Å². The van der Waals surface area contributed by atoms with Crippen LogP contribution in [0.1, 0.15) is 12.5 Å². The van der Waals surface area contributed by atoms with Gasteiger partial charge in [-0.3, -0.25) is 0 Å². The van der Waals surface area contributed by atoms with Gasteiger partial charge in [-0.05, 0) is 25.5 Å². The zero-order chi connectivity index (χ0) is 11.5. The Kier molecular flexibility index (Phi) is 3.34. The Bertz CT molecular complexity index is 365. The third kappa shape index (κ3) is 2.30. The molecule has 0 saturated carbocycles. The molecule has 1 saturated heterocycles. The fourth-order valence-electron chi connectivity index (χ4n) is 2.17. The van der Waals surface area contributed by atoms with Crippen LogP contribution in [0.2, 0.25) is 0 Å². The lowest BCUT2D eigenvalue weighted by Gasteiger charge is -2.33. The van der Waals surface area contributed by atoms with Crippen molar-refractivity contribution in [2.24, 2.45) is 0 Å². The lowest BCUT2D eigenvalue weighted by atomic mass is 10.1. The molecule has 1 N–H and O–H groups in total. The Morgan fingerprint density at radius 2 is 2.25 bits per heavy atom. The highest BCUT2D eigenvalue weighted by Gasteiger charge is 2.16. The molecule has 2 rings (SSSR count). The summed E-state index contributed by atoms with van der Waals surface area (Å²) < 4.78 is 5.36. The van der Waals surface area contributed by atoms with Crippen molar-refractivity contribution in [3.8, 4) is 5.75 Å². The van der Waals surface area contributed by atoms with Gasteiger partial charge in [0.2, 0.25) is 0 Å². The molecule has 0 spiro atoms. The smallest absolute Gasteiger partial charge is 0.123 e. The number of hydrogen-bond donors (Lipinski definition) is 1. The van der Waals surface area contributed by atoms with E-state index < -0.39 is 0 Å². The predicted molar refractivity (Wildman–Crippen MR) is 67.4 cm³/mol. The van der Waals surface area contributed by atoms with E-state index in [0.717, 1.165) is 25.4 Å². The third-order valence-electron chi connectivity index (χ3n) is 3.13. The van der Waals surface area contributed by atoms with E-state index >= 15 is 0 Å². The summed E-state index contributed by atoms with van der Waals surface area (Å²) >= 11 is 0. The fraction of sp³-hybridized carbons (Fsp3) is 0.538. The van der Waals surface area contributed by atoms with Gasteiger partial charge in [-0.1, -0.05) is 6.07 Å². The lowest BCUT2D eigenvalue weighted by molar-refractivity contribution is 0.411. The maximum Gasteiger partial charge on any atom is 0.123 e. The Balaban J connectivity index is 2.19. The van der Waals surface area contributed by atoms with E-state index in [4.69, 9.17) is 4.74 Å². The maximum atomic E-state index is 5.36. The molecule has 1 heterocycles. The molecule has 1 atom stereocenters. The van der Waals surface area contributed by atoms with Gasteiger partial charge in [0.05, 0.1) is 7.11 Å². The number of hydrogen-bond acceptors (Lipinski definition) is 3. The topological polar surface area (TPSA) is 24.5 Å². The van der Waals surface area contributed by atoms with E-state index in [9.17, 15) is 0 Å². The van der Waals surface area contributed by atoms with Gasteiger partial charge in [-0.25, -0.2) is 0 Å². The third-order valence-corrected chi connectivity index (χ3v) is 3.13. The van der Waals surface area contributed by atoms with Gasteiger partial charge in [0.25, 0.3) is 0 Å². The predicted octanol–water partition coefficient (Wildman–Crippen LogP) is 1.80. The van der Waals surface area contributed by atoms with Crippen molar-refractivity contribution in [2.45, 2.75) is 19.9 Å². The largest absolute Gasteiger partial charge is 0.496 e. The van der Waals surface area contributed by atoms with Crippen LogP contribution in [0.5, 0.6) is 5.75 Å². The van der Waals surface area contributed by atoms with Crippen LogP contribution in [0.3, 0.4) is 0 Å². The second-order valence-electron chi connectivity index (χ2n) is 4.46. The molecule has 3 nitrogen and oxygen atoms in total. The Morgan fingerprint density at radius 3 is 2.94 bits per heavy atom. The number of nitrogens with one attached hydrogen (secondary N) is 1. The first-order valence-corrected chi connectivity index (χ1v) is 5.83. The second-order valence-corrected chi connectivity index (χ2v) is 4.46. The van der Waals surface area contributed by atoms with E-state index in [-0.39, 0.29) is 0 Å². The number of nitrogens with zero attached hydrogens (tertiary/aromatic N) is 1. The van der Waals surface area contributed by atoms with Crippen LogP contribution in [-0.2, 0) is 0 Å². The molecule has 0 aromatic heterocycles. The van der Waals surface area contributed by atoms with Crippen molar-refractivity contribution >= 4 is 5.69 Å². The minimum Gasteiger partial charge on any atom is -0.496 e. The molecule has 1 aliphatic heterocycles. The summed E-state index contributed by atoms with van der Waals surface area (Å²) in [6.07, 6.45) is 0. The summed E-state index contributed by atoms with van der Waals surface area (Å²) in [5.41, 5.74) is 2.45. The minimum absolute atomic E-state index is 0.557.